The molecular formula is C17H26N4O2S2Si. The Morgan fingerprint density at radius 2 is 2.12 bits per heavy atom. The van der Waals surface area contributed by atoms with E-state index in [2.05, 4.69) is 40.2 Å². The molecule has 1 fully saturated rings. The maximum Gasteiger partial charge on any atom is 0.226 e. The lowest BCUT2D eigenvalue weighted by atomic mass is 9.94. The van der Waals surface area contributed by atoms with Crippen LogP contribution >= 0.6 is 23.1 Å². The number of piperidine rings is 1. The van der Waals surface area contributed by atoms with Gasteiger partial charge in [0.2, 0.25) is 11.8 Å². The van der Waals surface area contributed by atoms with Crippen LogP contribution in [0.4, 0.5) is 5.13 Å². The average molecular weight is 411 g/mol. The lowest BCUT2D eigenvalue weighted by molar-refractivity contribution is -0.117. The number of hydrogen-bond donors (Lipinski definition) is 2. The van der Waals surface area contributed by atoms with Gasteiger partial charge in [0.05, 0.1) is 22.4 Å². The maximum atomic E-state index is 12.2. The molecule has 2 N–H and O–H groups in total. The molecule has 0 unspecified atom stereocenters. The predicted octanol–water partition coefficient (Wildman–Crippen LogP) is 3.30. The van der Waals surface area contributed by atoms with Crippen LogP contribution < -0.4 is 16.0 Å². The van der Waals surface area contributed by atoms with Gasteiger partial charge in [-0.3, -0.25) is 4.79 Å². The Morgan fingerprint density at radius 3 is 2.81 bits per heavy atom. The molecule has 0 saturated carbocycles. The highest BCUT2D eigenvalue weighted by molar-refractivity contribution is 8.00. The molecule has 0 atom stereocenters. The van der Waals surface area contributed by atoms with E-state index < -0.39 is 8.07 Å². The molecule has 0 radical (unpaired) electrons. The van der Waals surface area contributed by atoms with Crippen molar-refractivity contribution in [2.45, 2.75) is 48.9 Å². The van der Waals surface area contributed by atoms with E-state index in [1.54, 1.807) is 18.0 Å². The number of hydrogen-bond acceptors (Lipinski definition) is 7. The van der Waals surface area contributed by atoms with Crippen LogP contribution in [0.2, 0.25) is 19.6 Å². The van der Waals surface area contributed by atoms with Crippen molar-refractivity contribution in [1.29, 1.82) is 0 Å². The van der Waals surface area contributed by atoms with Gasteiger partial charge in [-0.2, -0.15) is 0 Å². The Morgan fingerprint density at radius 1 is 1.35 bits per heavy atom. The number of thioether (sulfide) groups is 1. The second-order valence-corrected chi connectivity index (χ2v) is 14.9. The van der Waals surface area contributed by atoms with Gasteiger partial charge in [-0.15, -0.1) is 11.8 Å². The van der Waals surface area contributed by atoms with Crippen molar-refractivity contribution in [2.24, 2.45) is 5.92 Å². The summed E-state index contributed by atoms with van der Waals surface area (Å²) in [6, 6.07) is 0. The fraction of sp³-hybridized carbons (Fsp3) is 0.588. The summed E-state index contributed by atoms with van der Waals surface area (Å²) in [7, 11) is -1.45. The van der Waals surface area contributed by atoms with Crippen LogP contribution in [-0.2, 0) is 10.5 Å². The third-order valence-corrected chi connectivity index (χ3v) is 8.10. The van der Waals surface area contributed by atoms with Gasteiger partial charge in [0.15, 0.2) is 5.13 Å². The summed E-state index contributed by atoms with van der Waals surface area (Å²) in [6.45, 7) is 8.75. The number of anilines is 1. The Bertz CT molecular complexity index is 735. The molecule has 0 bridgehead atoms. The molecule has 2 aromatic rings. The van der Waals surface area contributed by atoms with Crippen LogP contribution in [-0.4, -0.2) is 37.0 Å². The van der Waals surface area contributed by atoms with E-state index in [1.807, 2.05) is 6.20 Å². The number of carbonyl (C=O) groups is 1. The molecular weight excluding hydrogens is 384 g/mol. The lowest BCUT2D eigenvalue weighted by Gasteiger charge is -2.21. The average Bonchev–Trinajstić information content (AvgIpc) is 3.22. The SMILES string of the molecule is C[Si](C)(C)c1cnc(CSc2cnc(NC(=O)CC3CCNCC3)s2)o1. The van der Waals surface area contributed by atoms with Gasteiger partial charge in [-0.05, 0) is 31.8 Å². The molecule has 0 aliphatic carbocycles. The second kappa shape index (κ2) is 8.68. The van der Waals surface area contributed by atoms with Gasteiger partial charge in [-0.25, -0.2) is 9.97 Å². The van der Waals surface area contributed by atoms with E-state index in [0.717, 1.165) is 41.4 Å². The molecule has 1 aliphatic heterocycles. The Balaban J connectivity index is 1.47. The minimum absolute atomic E-state index is 0.0651. The standard InChI is InChI=1S/C17H26N4O2S2Si/c1-26(2,3)15-9-19-14(23-15)11-24-16-10-20-17(25-16)21-13(22)8-12-4-6-18-7-5-12/h9-10,12,18H,4-8,11H2,1-3H3,(H,20,21,22). The highest BCUT2D eigenvalue weighted by Crippen LogP contribution is 2.30. The summed E-state index contributed by atoms with van der Waals surface area (Å²) in [4.78, 5) is 20.9. The predicted molar refractivity (Wildman–Crippen MR) is 110 cm³/mol. The van der Waals surface area contributed by atoms with Gasteiger partial charge in [0.25, 0.3) is 0 Å². The number of amides is 1. The first-order valence-electron chi connectivity index (χ1n) is 8.94. The summed E-state index contributed by atoms with van der Waals surface area (Å²) in [6.07, 6.45) is 6.39. The first kappa shape index (κ1) is 19.6. The summed E-state index contributed by atoms with van der Waals surface area (Å²) < 4.78 is 6.92. The van der Waals surface area contributed by atoms with Crippen LogP contribution in [0.1, 0.15) is 25.2 Å². The maximum absolute atomic E-state index is 12.2. The molecule has 0 aromatic carbocycles. The molecule has 142 valence electrons. The first-order valence-corrected chi connectivity index (χ1v) is 14.2. The minimum Gasteiger partial charge on any atom is -0.450 e. The normalized spacial score (nSPS) is 16.0. The summed E-state index contributed by atoms with van der Waals surface area (Å²) in [5.74, 6) is 1.97. The molecule has 0 spiro atoms. The highest BCUT2D eigenvalue weighted by Gasteiger charge is 2.22. The van der Waals surface area contributed by atoms with Crippen molar-refractivity contribution in [3.63, 3.8) is 0 Å². The Hall–Kier alpha value is -1.16. The van der Waals surface area contributed by atoms with E-state index in [4.69, 9.17) is 4.42 Å². The van der Waals surface area contributed by atoms with Crippen molar-refractivity contribution in [3.05, 3.63) is 18.3 Å². The number of carbonyl (C=O) groups excluding carboxylic acids is 1. The van der Waals surface area contributed by atoms with E-state index in [1.165, 1.54) is 11.3 Å². The Kier molecular flexibility index (Phi) is 6.54. The molecule has 2 aromatic heterocycles. The molecule has 9 heteroatoms. The largest absolute Gasteiger partial charge is 0.450 e. The summed E-state index contributed by atoms with van der Waals surface area (Å²) in [5.41, 5.74) is 0. The number of aromatic nitrogens is 2. The number of nitrogens with one attached hydrogen (secondary N) is 2. The molecule has 1 saturated heterocycles. The third kappa shape index (κ3) is 5.67. The fourth-order valence-corrected chi connectivity index (χ4v) is 5.38. The van der Waals surface area contributed by atoms with Gasteiger partial charge in [-0.1, -0.05) is 31.0 Å². The van der Waals surface area contributed by atoms with Crippen LogP contribution in [0.25, 0.3) is 0 Å². The van der Waals surface area contributed by atoms with Crippen molar-refractivity contribution in [3.8, 4) is 0 Å². The quantitative estimate of drug-likeness (QED) is 0.538. The molecule has 6 nitrogen and oxygen atoms in total. The van der Waals surface area contributed by atoms with Gasteiger partial charge in [0, 0.05) is 6.42 Å². The van der Waals surface area contributed by atoms with Crippen LogP contribution in [0.15, 0.2) is 21.0 Å². The van der Waals surface area contributed by atoms with Crippen molar-refractivity contribution in [1.82, 2.24) is 15.3 Å². The van der Waals surface area contributed by atoms with Gasteiger partial charge in [0.1, 0.15) is 13.5 Å². The van der Waals surface area contributed by atoms with Gasteiger partial charge < -0.3 is 15.1 Å². The van der Waals surface area contributed by atoms with E-state index in [-0.39, 0.29) is 5.91 Å². The fourth-order valence-electron chi connectivity index (χ4n) is 2.76. The van der Waals surface area contributed by atoms with Crippen molar-refractivity contribution >= 4 is 47.6 Å². The number of thiazole rings is 1. The zero-order valence-corrected chi connectivity index (χ0v) is 18.1. The van der Waals surface area contributed by atoms with E-state index in [9.17, 15) is 4.79 Å². The van der Waals surface area contributed by atoms with Crippen molar-refractivity contribution in [2.75, 3.05) is 18.4 Å². The smallest absolute Gasteiger partial charge is 0.226 e. The highest BCUT2D eigenvalue weighted by atomic mass is 32.2. The Labute approximate surface area is 163 Å². The topological polar surface area (TPSA) is 80.0 Å². The number of oxazole rings is 1. The zero-order valence-electron chi connectivity index (χ0n) is 15.5. The number of nitrogens with zero attached hydrogens (tertiary/aromatic N) is 2. The summed E-state index contributed by atoms with van der Waals surface area (Å²) in [5, 5.41) is 7.95. The molecule has 1 aliphatic rings. The van der Waals surface area contributed by atoms with Crippen LogP contribution in [0.3, 0.4) is 0 Å². The van der Waals surface area contributed by atoms with Crippen LogP contribution in [0.5, 0.6) is 0 Å². The monoisotopic (exact) mass is 410 g/mol. The molecule has 1 amide bonds. The minimum atomic E-state index is -1.45. The number of rotatable bonds is 7. The molecule has 26 heavy (non-hydrogen) atoms. The first-order chi connectivity index (χ1) is 12.4. The molecule has 3 heterocycles. The zero-order chi connectivity index (χ0) is 18.6. The van der Waals surface area contributed by atoms with E-state index >= 15 is 0 Å². The van der Waals surface area contributed by atoms with E-state index in [0.29, 0.717) is 23.2 Å². The van der Waals surface area contributed by atoms with Crippen molar-refractivity contribution < 1.29 is 9.21 Å². The van der Waals surface area contributed by atoms with Gasteiger partial charge >= 0.3 is 0 Å². The second-order valence-electron chi connectivity index (χ2n) is 7.59. The summed E-state index contributed by atoms with van der Waals surface area (Å²) >= 11 is 3.14. The third-order valence-electron chi connectivity index (χ3n) is 4.29. The molecule has 3 rings (SSSR count). The lowest BCUT2D eigenvalue weighted by Crippen LogP contribution is -2.36. The van der Waals surface area contributed by atoms with Crippen LogP contribution in [0, 0.1) is 5.92 Å².